The highest BCUT2D eigenvalue weighted by atomic mass is 16.9. The number of ketones is 1. The van der Waals surface area contributed by atoms with Crippen molar-refractivity contribution in [2.45, 2.75) is 172 Å². The van der Waals surface area contributed by atoms with Crippen molar-refractivity contribution in [1.29, 1.82) is 0 Å². The van der Waals surface area contributed by atoms with Gasteiger partial charge < -0.3 is 63.6 Å². The van der Waals surface area contributed by atoms with Gasteiger partial charge in [-0.25, -0.2) is 0 Å². The van der Waals surface area contributed by atoms with Crippen molar-refractivity contribution in [1.82, 2.24) is 4.90 Å². The van der Waals surface area contributed by atoms with E-state index in [-0.39, 0.29) is 38.0 Å². The van der Waals surface area contributed by atoms with Gasteiger partial charge in [-0.15, -0.1) is 0 Å². The Hall–Kier alpha value is -1.34. The quantitative estimate of drug-likeness (QED) is 0.250. The molecule has 0 aromatic carbocycles. The van der Waals surface area contributed by atoms with E-state index in [4.69, 9.17) is 33.2 Å². The molecule has 2 unspecified atom stereocenters. The number of cyclic esters (lactones) is 1. The van der Waals surface area contributed by atoms with Crippen LogP contribution in [0, 0.1) is 23.7 Å². The van der Waals surface area contributed by atoms with Crippen molar-refractivity contribution in [2.75, 3.05) is 27.8 Å². The van der Waals surface area contributed by atoms with Gasteiger partial charge in [0.25, 0.3) is 5.97 Å². The van der Waals surface area contributed by atoms with E-state index >= 15 is 0 Å². The number of aliphatic hydroxyl groups excluding tert-OH is 3. The molecule has 0 aliphatic carbocycles. The minimum atomic E-state index is -2.03. The molecule has 0 saturated carbocycles. The predicted octanol–water partition coefficient (Wildman–Crippen LogP) is 1.12. The molecule has 0 aromatic heterocycles. The first-order chi connectivity index (χ1) is 23.9. The van der Waals surface area contributed by atoms with E-state index in [1.54, 1.807) is 34.6 Å². The molecule has 1 spiro atoms. The van der Waals surface area contributed by atoms with Crippen molar-refractivity contribution < 1.29 is 68.3 Å². The van der Waals surface area contributed by atoms with E-state index in [1.165, 1.54) is 27.9 Å². The molecule has 4 rings (SSSR count). The molecule has 5 N–H and O–H groups in total. The minimum Gasteiger partial charge on any atom is -0.459 e. The van der Waals surface area contributed by atoms with Gasteiger partial charge in [-0.05, 0) is 68.0 Å². The number of likely N-dealkylation sites (N-methyl/N-ethyl adjacent to an activating group) is 1. The van der Waals surface area contributed by atoms with Crippen molar-refractivity contribution in [2.24, 2.45) is 23.7 Å². The molecule has 52 heavy (non-hydrogen) atoms. The van der Waals surface area contributed by atoms with Crippen molar-refractivity contribution >= 4 is 11.8 Å². The molecule has 4 heterocycles. The van der Waals surface area contributed by atoms with E-state index in [0.29, 0.717) is 6.42 Å². The van der Waals surface area contributed by atoms with Crippen LogP contribution >= 0.6 is 0 Å². The number of esters is 1. The normalized spacial score (nSPS) is 51.5. The standard InChI is InChI=1S/C37H65NO14/c1-13-25-36(9,45)29(41)20(4)26(39)18(2)15-34(7,44)31(50-33-27(40)24(38(10)11)14-19(3)48-33)21(5)28-23(32(43)49-25)16-47-37(52-28)17-35(8,46-12)30(42)22(6)51-37/h18-25,27-31,33,40-42,44-45H,13-17H2,1-12H3/t18-,19-,20+,21+,22+,23-,24+,25-,27-,28+,29-,30+,31-,33?,34-,35-,36-,37?/m1/s1. The number of Topliss-reactive ketones (excluding diaryl/α,β-unsaturated/α-hetero) is 1. The Bertz CT molecular complexity index is 1250. The number of carbonyl (C=O) groups is 2. The summed E-state index contributed by atoms with van der Waals surface area (Å²) in [6.07, 6.45) is -9.39. The molecule has 0 aromatic rings. The highest BCUT2D eigenvalue weighted by Crippen LogP contribution is 2.47. The molecule has 4 saturated heterocycles. The lowest BCUT2D eigenvalue weighted by Crippen LogP contribution is -2.67. The average molecular weight is 748 g/mol. The Morgan fingerprint density at radius 2 is 1.60 bits per heavy atom. The van der Waals surface area contributed by atoms with E-state index in [2.05, 4.69) is 0 Å². The lowest BCUT2D eigenvalue weighted by Gasteiger charge is -2.55. The summed E-state index contributed by atoms with van der Waals surface area (Å²) >= 11 is 0. The number of hydrogen-bond donors (Lipinski definition) is 5. The molecule has 15 heteroatoms. The average Bonchev–Trinajstić information content (AvgIpc) is 3.07. The molecule has 0 bridgehead atoms. The Balaban J connectivity index is 1.86. The number of hydrogen-bond acceptors (Lipinski definition) is 15. The van der Waals surface area contributed by atoms with E-state index in [1.807, 2.05) is 25.9 Å². The highest BCUT2D eigenvalue weighted by Gasteiger charge is 2.61. The number of methoxy groups -OCH3 is 1. The fourth-order valence-electron chi connectivity index (χ4n) is 8.87. The molecular formula is C37H65NO14. The van der Waals surface area contributed by atoms with Crippen LogP contribution in [0.25, 0.3) is 0 Å². The fourth-order valence-corrected chi connectivity index (χ4v) is 8.87. The Kier molecular flexibility index (Phi) is 13.4. The summed E-state index contributed by atoms with van der Waals surface area (Å²) in [7, 11) is 5.14. The van der Waals surface area contributed by atoms with Gasteiger partial charge in [0.2, 0.25) is 0 Å². The zero-order valence-electron chi connectivity index (χ0n) is 33.0. The van der Waals surface area contributed by atoms with Crippen LogP contribution in [0.1, 0.15) is 88.0 Å². The number of fused-ring (bicyclic) bond motifs is 1. The number of aliphatic hydroxyl groups is 5. The van der Waals surface area contributed by atoms with E-state index < -0.39 is 107 Å². The van der Waals surface area contributed by atoms with Crippen molar-refractivity contribution in [3.63, 3.8) is 0 Å². The molecule has 4 aliphatic rings. The van der Waals surface area contributed by atoms with Crippen LogP contribution in [0.5, 0.6) is 0 Å². The van der Waals surface area contributed by atoms with Crippen molar-refractivity contribution in [3.8, 4) is 0 Å². The first-order valence-corrected chi connectivity index (χ1v) is 18.7. The molecular weight excluding hydrogens is 682 g/mol. The molecule has 4 fully saturated rings. The molecule has 0 amide bonds. The van der Waals surface area contributed by atoms with Crippen LogP contribution in [-0.4, -0.2) is 154 Å². The van der Waals surface area contributed by atoms with Crippen LogP contribution in [0.4, 0.5) is 0 Å². The van der Waals surface area contributed by atoms with Gasteiger partial charge in [0.1, 0.15) is 41.2 Å². The zero-order valence-corrected chi connectivity index (χ0v) is 33.0. The number of ether oxygens (including phenoxy) is 7. The monoisotopic (exact) mass is 747 g/mol. The molecule has 4 aliphatic heterocycles. The van der Waals surface area contributed by atoms with Crippen LogP contribution in [0.3, 0.4) is 0 Å². The second-order valence-corrected chi connectivity index (χ2v) is 16.8. The molecule has 15 nitrogen and oxygen atoms in total. The summed E-state index contributed by atoms with van der Waals surface area (Å²) in [4.78, 5) is 30.0. The summed E-state index contributed by atoms with van der Waals surface area (Å²) in [6, 6.07) is -0.338. The maximum absolute atomic E-state index is 14.2. The fraction of sp³-hybridized carbons (Fsp3) is 0.946. The van der Waals surface area contributed by atoms with Crippen LogP contribution in [0.2, 0.25) is 0 Å². The summed E-state index contributed by atoms with van der Waals surface area (Å²) < 4.78 is 43.5. The lowest BCUT2D eigenvalue weighted by molar-refractivity contribution is -0.474. The summed E-state index contributed by atoms with van der Waals surface area (Å²) in [5.41, 5.74) is -5.03. The van der Waals surface area contributed by atoms with E-state index in [9.17, 15) is 35.1 Å². The maximum Gasteiger partial charge on any atom is 0.314 e. The number of nitrogens with zero attached hydrogens (tertiary/aromatic N) is 1. The van der Waals surface area contributed by atoms with Gasteiger partial charge in [0.15, 0.2) is 6.29 Å². The zero-order chi connectivity index (χ0) is 39.3. The molecule has 302 valence electrons. The summed E-state index contributed by atoms with van der Waals surface area (Å²) in [6.45, 7) is 14.3. The topological polar surface area (TPSA) is 203 Å². The van der Waals surface area contributed by atoms with Crippen LogP contribution in [0.15, 0.2) is 0 Å². The van der Waals surface area contributed by atoms with Gasteiger partial charge in [0, 0.05) is 30.9 Å². The van der Waals surface area contributed by atoms with E-state index in [0.717, 1.165) is 0 Å². The smallest absolute Gasteiger partial charge is 0.314 e. The second kappa shape index (κ2) is 16.0. The van der Waals surface area contributed by atoms with Gasteiger partial charge in [-0.2, -0.15) is 0 Å². The Labute approximate surface area is 308 Å². The maximum atomic E-state index is 14.2. The number of carbonyl (C=O) groups excluding carboxylic acids is 2. The van der Waals surface area contributed by atoms with Gasteiger partial charge in [-0.1, -0.05) is 27.7 Å². The minimum absolute atomic E-state index is 0.0939. The van der Waals surface area contributed by atoms with Gasteiger partial charge >= 0.3 is 5.97 Å². The molecule has 18 atom stereocenters. The van der Waals surface area contributed by atoms with Crippen LogP contribution in [-0.2, 0) is 42.7 Å². The van der Waals surface area contributed by atoms with Gasteiger partial charge in [-0.3, -0.25) is 9.59 Å². The largest absolute Gasteiger partial charge is 0.459 e. The van der Waals surface area contributed by atoms with Gasteiger partial charge in [0.05, 0.1) is 49.1 Å². The Morgan fingerprint density at radius 3 is 2.17 bits per heavy atom. The van der Waals surface area contributed by atoms with Crippen LogP contribution < -0.4 is 0 Å². The second-order valence-electron chi connectivity index (χ2n) is 16.8. The summed E-state index contributed by atoms with van der Waals surface area (Å²) in [5.74, 6) is -7.05. The first-order valence-electron chi connectivity index (χ1n) is 18.7. The Morgan fingerprint density at radius 1 is 0.962 bits per heavy atom. The molecule has 0 radical (unpaired) electrons. The third-order valence-electron chi connectivity index (χ3n) is 12.1. The predicted molar refractivity (Wildman–Crippen MR) is 185 cm³/mol. The summed E-state index contributed by atoms with van der Waals surface area (Å²) in [5, 5.41) is 57.9. The number of rotatable bonds is 5. The highest BCUT2D eigenvalue weighted by molar-refractivity contribution is 5.83. The third-order valence-corrected chi connectivity index (χ3v) is 12.1. The SMILES string of the molecule is CC[C@H]1OC(=O)[C@@H]2COC3(C[C@@](C)(OC)[C@@H](O)[C@H](C)O3)O[C@H]2[C@H](C)[C@@H](OC2O[C@H](C)C[C@H](N(C)C)[C@H]2O)[C@](C)(O)C[C@@H](C)C(=O)[C@H](C)[C@@H](O)[C@]1(C)O. The lowest BCUT2D eigenvalue weighted by atomic mass is 9.73. The van der Waals surface area contributed by atoms with Crippen molar-refractivity contribution in [3.05, 3.63) is 0 Å². The third kappa shape index (κ3) is 8.41. The first kappa shape index (κ1) is 43.4.